The molecule has 1 fully saturated rings. The molecule has 1 aliphatic heterocycles. The van der Waals surface area contributed by atoms with Gasteiger partial charge < -0.3 is 10.1 Å². The fraction of sp³-hybridized carbons (Fsp3) is 0.533. The number of carbonyl (C=O) groups is 1. The SMILES string of the molecule is C[C@H](NC(=O)[C@H]1COc2ccccc2C1)C1CC1. The van der Waals surface area contributed by atoms with Crippen molar-refractivity contribution in [2.75, 3.05) is 6.61 Å². The number of nitrogens with one attached hydrogen (secondary N) is 1. The molecule has 1 aromatic rings. The molecular formula is C15H19NO2. The van der Waals surface area contributed by atoms with Crippen LogP contribution in [-0.2, 0) is 11.2 Å². The highest BCUT2D eigenvalue weighted by Gasteiger charge is 2.32. The molecule has 3 nitrogen and oxygen atoms in total. The molecule has 0 radical (unpaired) electrons. The lowest BCUT2D eigenvalue weighted by Crippen LogP contribution is -2.42. The summed E-state index contributed by atoms with van der Waals surface area (Å²) in [7, 11) is 0. The molecule has 2 atom stereocenters. The molecule has 0 aromatic heterocycles. The molecule has 1 aliphatic carbocycles. The molecule has 96 valence electrons. The lowest BCUT2D eigenvalue weighted by Gasteiger charge is -2.25. The third-order valence-corrected chi connectivity index (χ3v) is 3.95. The third kappa shape index (κ3) is 2.35. The highest BCUT2D eigenvalue weighted by atomic mass is 16.5. The van der Waals surface area contributed by atoms with Crippen molar-refractivity contribution >= 4 is 5.91 Å². The first-order valence-corrected chi connectivity index (χ1v) is 6.75. The van der Waals surface area contributed by atoms with E-state index in [0.717, 1.165) is 17.7 Å². The number of hydrogen-bond donors (Lipinski definition) is 1. The summed E-state index contributed by atoms with van der Waals surface area (Å²) < 4.78 is 5.65. The number of amides is 1. The summed E-state index contributed by atoms with van der Waals surface area (Å²) in [5, 5.41) is 3.12. The van der Waals surface area contributed by atoms with Crippen LogP contribution in [0.4, 0.5) is 0 Å². The summed E-state index contributed by atoms with van der Waals surface area (Å²) in [6, 6.07) is 8.29. The Labute approximate surface area is 108 Å². The van der Waals surface area contributed by atoms with E-state index in [4.69, 9.17) is 4.74 Å². The molecule has 1 aromatic carbocycles. The molecule has 1 saturated carbocycles. The van der Waals surface area contributed by atoms with E-state index >= 15 is 0 Å². The van der Waals surface area contributed by atoms with Crippen LogP contribution in [0.5, 0.6) is 5.75 Å². The lowest BCUT2D eigenvalue weighted by atomic mass is 9.95. The number of rotatable bonds is 3. The molecule has 0 spiro atoms. The fourth-order valence-electron chi connectivity index (χ4n) is 2.55. The van der Waals surface area contributed by atoms with Gasteiger partial charge in [0.2, 0.25) is 5.91 Å². The number of ether oxygens (including phenoxy) is 1. The Morgan fingerprint density at radius 1 is 1.39 bits per heavy atom. The maximum atomic E-state index is 12.2. The maximum Gasteiger partial charge on any atom is 0.227 e. The van der Waals surface area contributed by atoms with Crippen LogP contribution >= 0.6 is 0 Å². The minimum absolute atomic E-state index is 0.0406. The van der Waals surface area contributed by atoms with Crippen LogP contribution in [0.15, 0.2) is 24.3 Å². The Morgan fingerprint density at radius 2 is 2.17 bits per heavy atom. The predicted octanol–water partition coefficient (Wildman–Crippen LogP) is 2.15. The van der Waals surface area contributed by atoms with Gasteiger partial charge in [0, 0.05) is 6.04 Å². The zero-order chi connectivity index (χ0) is 12.5. The monoisotopic (exact) mass is 245 g/mol. The summed E-state index contributed by atoms with van der Waals surface area (Å²) >= 11 is 0. The van der Waals surface area contributed by atoms with E-state index < -0.39 is 0 Å². The van der Waals surface area contributed by atoms with Crippen molar-refractivity contribution in [2.45, 2.75) is 32.2 Å². The van der Waals surface area contributed by atoms with Gasteiger partial charge in [-0.3, -0.25) is 4.79 Å². The average molecular weight is 245 g/mol. The summed E-state index contributed by atoms with van der Waals surface area (Å²) in [5.74, 6) is 1.73. The molecule has 1 amide bonds. The van der Waals surface area contributed by atoms with Gasteiger partial charge in [0.05, 0.1) is 5.92 Å². The Morgan fingerprint density at radius 3 is 2.94 bits per heavy atom. The van der Waals surface area contributed by atoms with Crippen LogP contribution < -0.4 is 10.1 Å². The van der Waals surface area contributed by atoms with Crippen LogP contribution in [-0.4, -0.2) is 18.6 Å². The zero-order valence-corrected chi connectivity index (χ0v) is 10.7. The first-order chi connectivity index (χ1) is 8.74. The van der Waals surface area contributed by atoms with Crippen LogP contribution in [0.3, 0.4) is 0 Å². The Kier molecular flexibility index (Phi) is 2.98. The Bertz CT molecular complexity index is 454. The number of fused-ring (bicyclic) bond motifs is 1. The van der Waals surface area contributed by atoms with Crippen molar-refractivity contribution in [3.63, 3.8) is 0 Å². The van der Waals surface area contributed by atoms with Gasteiger partial charge in [-0.15, -0.1) is 0 Å². The first-order valence-electron chi connectivity index (χ1n) is 6.75. The smallest absolute Gasteiger partial charge is 0.227 e. The van der Waals surface area contributed by atoms with Crippen molar-refractivity contribution in [3.8, 4) is 5.75 Å². The molecule has 0 bridgehead atoms. The van der Waals surface area contributed by atoms with Crippen molar-refractivity contribution in [1.29, 1.82) is 0 Å². The topological polar surface area (TPSA) is 38.3 Å². The highest BCUT2D eigenvalue weighted by Crippen LogP contribution is 2.33. The second-order valence-electron chi connectivity index (χ2n) is 5.45. The van der Waals surface area contributed by atoms with E-state index in [2.05, 4.69) is 12.2 Å². The van der Waals surface area contributed by atoms with Gasteiger partial charge in [0.25, 0.3) is 0 Å². The van der Waals surface area contributed by atoms with E-state index in [1.807, 2.05) is 24.3 Å². The lowest BCUT2D eigenvalue weighted by molar-refractivity contribution is -0.127. The third-order valence-electron chi connectivity index (χ3n) is 3.95. The number of carbonyl (C=O) groups excluding carboxylic acids is 1. The van der Waals surface area contributed by atoms with Gasteiger partial charge >= 0.3 is 0 Å². The molecule has 0 saturated heterocycles. The summed E-state index contributed by atoms with van der Waals surface area (Å²) in [5.41, 5.74) is 1.14. The van der Waals surface area contributed by atoms with E-state index in [0.29, 0.717) is 18.6 Å². The second kappa shape index (κ2) is 4.63. The van der Waals surface area contributed by atoms with Crippen molar-refractivity contribution in [2.24, 2.45) is 11.8 Å². The molecule has 0 unspecified atom stereocenters. The predicted molar refractivity (Wildman–Crippen MR) is 69.5 cm³/mol. The zero-order valence-electron chi connectivity index (χ0n) is 10.7. The van der Waals surface area contributed by atoms with Gasteiger partial charge in [-0.1, -0.05) is 18.2 Å². The molecule has 3 heteroatoms. The van der Waals surface area contributed by atoms with Crippen molar-refractivity contribution in [3.05, 3.63) is 29.8 Å². The molecule has 1 heterocycles. The highest BCUT2D eigenvalue weighted by molar-refractivity contribution is 5.80. The normalized spacial score (nSPS) is 23.7. The largest absolute Gasteiger partial charge is 0.492 e. The molecular weight excluding hydrogens is 226 g/mol. The summed E-state index contributed by atoms with van der Waals surface area (Å²) in [4.78, 5) is 12.2. The van der Waals surface area contributed by atoms with Gasteiger partial charge in [0.1, 0.15) is 12.4 Å². The standard InChI is InChI=1S/C15H19NO2/c1-10(11-6-7-11)16-15(17)13-8-12-4-2-3-5-14(12)18-9-13/h2-5,10-11,13H,6-9H2,1H3,(H,16,17)/t10-,13+/m0/s1. The first kappa shape index (κ1) is 11.6. The van der Waals surface area contributed by atoms with Crippen LogP contribution in [0, 0.1) is 11.8 Å². The van der Waals surface area contributed by atoms with Gasteiger partial charge in [-0.05, 0) is 43.7 Å². The minimum Gasteiger partial charge on any atom is -0.492 e. The van der Waals surface area contributed by atoms with Crippen LogP contribution in [0.1, 0.15) is 25.3 Å². The minimum atomic E-state index is -0.0406. The van der Waals surface area contributed by atoms with Gasteiger partial charge in [-0.25, -0.2) is 0 Å². The summed E-state index contributed by atoms with van der Waals surface area (Å²) in [6.45, 7) is 2.60. The van der Waals surface area contributed by atoms with E-state index in [9.17, 15) is 4.79 Å². The maximum absolute atomic E-state index is 12.2. The van der Waals surface area contributed by atoms with E-state index in [1.165, 1.54) is 12.8 Å². The number of para-hydroxylation sites is 1. The Hall–Kier alpha value is -1.51. The molecule has 18 heavy (non-hydrogen) atoms. The van der Waals surface area contributed by atoms with E-state index in [1.54, 1.807) is 0 Å². The van der Waals surface area contributed by atoms with Crippen molar-refractivity contribution in [1.82, 2.24) is 5.32 Å². The number of hydrogen-bond acceptors (Lipinski definition) is 2. The van der Waals surface area contributed by atoms with Crippen LogP contribution in [0.2, 0.25) is 0 Å². The van der Waals surface area contributed by atoms with Crippen LogP contribution in [0.25, 0.3) is 0 Å². The second-order valence-corrected chi connectivity index (χ2v) is 5.45. The molecule has 3 rings (SSSR count). The van der Waals surface area contributed by atoms with Gasteiger partial charge in [-0.2, -0.15) is 0 Å². The fourth-order valence-corrected chi connectivity index (χ4v) is 2.55. The summed E-state index contributed by atoms with van der Waals surface area (Å²) in [6.07, 6.45) is 3.30. The van der Waals surface area contributed by atoms with E-state index in [-0.39, 0.29) is 11.8 Å². The quantitative estimate of drug-likeness (QED) is 0.886. The number of benzene rings is 1. The molecule has 2 aliphatic rings. The average Bonchev–Trinajstić information content (AvgIpc) is 3.22. The van der Waals surface area contributed by atoms with Gasteiger partial charge in [0.15, 0.2) is 0 Å². The molecule has 1 N–H and O–H groups in total. The Balaban J connectivity index is 1.62. The van der Waals surface area contributed by atoms with Crippen molar-refractivity contribution < 1.29 is 9.53 Å².